The molecule has 0 spiro atoms. The van der Waals surface area contributed by atoms with E-state index in [2.05, 4.69) is 20.5 Å². The van der Waals surface area contributed by atoms with Crippen molar-refractivity contribution >= 4 is 39.6 Å². The van der Waals surface area contributed by atoms with Gasteiger partial charge >= 0.3 is 0 Å². The molecular formula is C25H17N5O3. The van der Waals surface area contributed by atoms with Gasteiger partial charge < -0.3 is 4.98 Å². The zero-order valence-corrected chi connectivity index (χ0v) is 17.2. The summed E-state index contributed by atoms with van der Waals surface area (Å²) in [5, 5.41) is 17.0. The van der Waals surface area contributed by atoms with E-state index in [1.165, 1.54) is 12.1 Å². The summed E-state index contributed by atoms with van der Waals surface area (Å²) in [5.74, 6) is -0.485. The Morgan fingerprint density at radius 1 is 0.970 bits per heavy atom. The number of rotatable bonds is 5. The van der Waals surface area contributed by atoms with E-state index in [4.69, 9.17) is 0 Å². The zero-order valence-electron chi connectivity index (χ0n) is 17.2. The van der Waals surface area contributed by atoms with Gasteiger partial charge in [-0.3, -0.25) is 14.9 Å². The molecule has 0 aliphatic heterocycles. The largest absolute Gasteiger partial charge is 0.353 e. The van der Waals surface area contributed by atoms with Crippen LogP contribution >= 0.6 is 0 Å². The van der Waals surface area contributed by atoms with Crippen molar-refractivity contribution < 1.29 is 9.72 Å². The first-order valence-electron chi connectivity index (χ1n) is 10.1. The lowest BCUT2D eigenvalue weighted by Gasteiger charge is -2.07. The molecule has 5 aromatic rings. The maximum Gasteiger partial charge on any atom is 0.289 e. The van der Waals surface area contributed by atoms with Crippen molar-refractivity contribution in [3.8, 4) is 11.3 Å². The molecule has 0 unspecified atom stereocenters. The number of fused-ring (bicyclic) bond motifs is 3. The first-order valence-corrected chi connectivity index (χ1v) is 10.1. The van der Waals surface area contributed by atoms with Crippen LogP contribution in [-0.4, -0.2) is 27.0 Å². The Bertz CT molecular complexity index is 1540. The van der Waals surface area contributed by atoms with E-state index in [0.29, 0.717) is 16.8 Å². The van der Waals surface area contributed by atoms with Gasteiger partial charge in [0.2, 0.25) is 0 Å². The average molecular weight is 435 g/mol. The van der Waals surface area contributed by atoms with Crippen molar-refractivity contribution in [2.75, 3.05) is 0 Å². The molecule has 1 amide bonds. The van der Waals surface area contributed by atoms with E-state index >= 15 is 0 Å². The highest BCUT2D eigenvalue weighted by molar-refractivity contribution is 6.13. The first kappa shape index (κ1) is 20.1. The van der Waals surface area contributed by atoms with E-state index in [1.807, 2.05) is 54.6 Å². The highest BCUT2D eigenvalue weighted by Gasteiger charge is 2.18. The third-order valence-electron chi connectivity index (χ3n) is 5.24. The number of pyridine rings is 1. The summed E-state index contributed by atoms with van der Waals surface area (Å²) in [6.45, 7) is 0. The molecule has 2 aromatic heterocycles. The van der Waals surface area contributed by atoms with Crippen LogP contribution in [0, 0.1) is 10.1 Å². The molecule has 160 valence electrons. The highest BCUT2D eigenvalue weighted by atomic mass is 16.6. The second-order valence-corrected chi connectivity index (χ2v) is 7.37. The van der Waals surface area contributed by atoms with E-state index in [-0.39, 0.29) is 11.4 Å². The number of carbonyl (C=O) groups is 1. The summed E-state index contributed by atoms with van der Waals surface area (Å²) >= 11 is 0. The number of aromatic amines is 1. The van der Waals surface area contributed by atoms with Crippen LogP contribution in [-0.2, 0) is 0 Å². The van der Waals surface area contributed by atoms with Crippen molar-refractivity contribution in [3.05, 3.63) is 106 Å². The fourth-order valence-corrected chi connectivity index (χ4v) is 3.70. The van der Waals surface area contributed by atoms with Gasteiger partial charge in [-0.05, 0) is 17.7 Å². The van der Waals surface area contributed by atoms with Gasteiger partial charge in [0.15, 0.2) is 0 Å². The number of H-pyrrole nitrogens is 1. The van der Waals surface area contributed by atoms with Gasteiger partial charge in [0.05, 0.1) is 22.3 Å². The van der Waals surface area contributed by atoms with E-state index in [0.717, 1.165) is 21.9 Å². The number of amides is 1. The topological polar surface area (TPSA) is 113 Å². The minimum Gasteiger partial charge on any atom is -0.353 e. The quantitative estimate of drug-likeness (QED) is 0.228. The fraction of sp³-hybridized carbons (Fsp3) is 0. The predicted octanol–water partition coefficient (Wildman–Crippen LogP) is 5.06. The number of carbonyl (C=O) groups excluding carboxylic acids is 1. The lowest BCUT2D eigenvalue weighted by Crippen LogP contribution is -2.19. The molecule has 33 heavy (non-hydrogen) atoms. The van der Waals surface area contributed by atoms with Crippen LogP contribution in [0.1, 0.15) is 16.1 Å². The van der Waals surface area contributed by atoms with Gasteiger partial charge in [0.1, 0.15) is 5.69 Å². The summed E-state index contributed by atoms with van der Waals surface area (Å²) in [6, 6.07) is 25.0. The number of benzene rings is 3. The standard InChI is InChI=1S/C25H17N5O3/c31-25(29-26-15-16-7-2-1-3-8-16)22-14-20-19-11-4-5-12-21(19)27-24(20)23(28-22)17-9-6-10-18(13-17)30(32)33/h1-15,27H,(H,29,31)/b26-15+. The molecule has 0 atom stereocenters. The first-order chi connectivity index (χ1) is 16.1. The molecule has 0 aliphatic carbocycles. The second-order valence-electron chi connectivity index (χ2n) is 7.37. The molecule has 0 bridgehead atoms. The Balaban J connectivity index is 1.61. The smallest absolute Gasteiger partial charge is 0.289 e. The third-order valence-corrected chi connectivity index (χ3v) is 5.24. The van der Waals surface area contributed by atoms with Gasteiger partial charge in [-0.15, -0.1) is 0 Å². The SMILES string of the molecule is O=C(N/N=C/c1ccccc1)c1cc2c([nH]c3ccccc32)c(-c2cccc([N+](=O)[O-])c2)n1. The number of nitro groups is 1. The van der Waals surface area contributed by atoms with Crippen LogP contribution in [0.5, 0.6) is 0 Å². The Kier molecular flexibility index (Phi) is 5.08. The van der Waals surface area contributed by atoms with Gasteiger partial charge in [0.25, 0.3) is 11.6 Å². The Morgan fingerprint density at radius 2 is 1.76 bits per heavy atom. The van der Waals surface area contributed by atoms with Crippen molar-refractivity contribution in [1.29, 1.82) is 0 Å². The lowest BCUT2D eigenvalue weighted by atomic mass is 10.1. The second kappa shape index (κ2) is 8.35. The van der Waals surface area contributed by atoms with E-state index in [1.54, 1.807) is 24.4 Å². The minimum absolute atomic E-state index is 0.0547. The van der Waals surface area contributed by atoms with Gasteiger partial charge in [-0.25, -0.2) is 10.4 Å². The molecule has 3 aromatic carbocycles. The van der Waals surface area contributed by atoms with Crippen LogP contribution in [0.15, 0.2) is 90.0 Å². The molecule has 0 fully saturated rings. The molecule has 2 heterocycles. The number of non-ortho nitro benzene ring substituents is 1. The molecule has 5 rings (SSSR count). The summed E-state index contributed by atoms with van der Waals surface area (Å²) in [6.07, 6.45) is 1.55. The molecule has 0 saturated carbocycles. The van der Waals surface area contributed by atoms with E-state index in [9.17, 15) is 14.9 Å². The number of hydrogen-bond donors (Lipinski definition) is 2. The normalized spacial score (nSPS) is 11.3. The Labute approximate surface area is 187 Å². The number of para-hydroxylation sites is 1. The van der Waals surface area contributed by atoms with E-state index < -0.39 is 10.8 Å². The highest BCUT2D eigenvalue weighted by Crippen LogP contribution is 2.33. The number of nitrogens with one attached hydrogen (secondary N) is 2. The summed E-state index contributed by atoms with van der Waals surface area (Å²) in [7, 11) is 0. The summed E-state index contributed by atoms with van der Waals surface area (Å²) in [4.78, 5) is 31.6. The molecule has 0 aliphatic rings. The minimum atomic E-state index is -0.485. The van der Waals surface area contributed by atoms with Crippen molar-refractivity contribution in [2.24, 2.45) is 5.10 Å². The van der Waals surface area contributed by atoms with Crippen LogP contribution in [0.2, 0.25) is 0 Å². The molecule has 0 radical (unpaired) electrons. The molecule has 8 nitrogen and oxygen atoms in total. The van der Waals surface area contributed by atoms with Crippen LogP contribution in [0.4, 0.5) is 5.69 Å². The zero-order chi connectivity index (χ0) is 22.8. The Hall–Kier alpha value is -4.85. The predicted molar refractivity (Wildman–Crippen MR) is 127 cm³/mol. The number of aromatic nitrogens is 2. The van der Waals surface area contributed by atoms with Crippen LogP contribution in [0.3, 0.4) is 0 Å². The summed E-state index contributed by atoms with van der Waals surface area (Å²) in [5.41, 5.74) is 6.00. The number of nitrogens with zero attached hydrogens (tertiary/aromatic N) is 3. The van der Waals surface area contributed by atoms with Gasteiger partial charge in [0, 0.05) is 34.0 Å². The van der Waals surface area contributed by atoms with Crippen LogP contribution in [0.25, 0.3) is 33.1 Å². The average Bonchev–Trinajstić information content (AvgIpc) is 3.23. The number of hydrazone groups is 1. The fourth-order valence-electron chi connectivity index (χ4n) is 3.70. The summed E-state index contributed by atoms with van der Waals surface area (Å²) < 4.78 is 0. The number of hydrogen-bond acceptors (Lipinski definition) is 5. The van der Waals surface area contributed by atoms with Gasteiger partial charge in [-0.1, -0.05) is 60.7 Å². The van der Waals surface area contributed by atoms with Crippen molar-refractivity contribution in [2.45, 2.75) is 0 Å². The molecule has 2 N–H and O–H groups in total. The van der Waals surface area contributed by atoms with Gasteiger partial charge in [-0.2, -0.15) is 5.10 Å². The van der Waals surface area contributed by atoms with Crippen molar-refractivity contribution in [1.82, 2.24) is 15.4 Å². The number of nitro benzene ring substituents is 1. The van der Waals surface area contributed by atoms with Crippen molar-refractivity contribution in [3.63, 3.8) is 0 Å². The molecule has 8 heteroatoms. The monoisotopic (exact) mass is 435 g/mol. The lowest BCUT2D eigenvalue weighted by molar-refractivity contribution is -0.384. The maximum atomic E-state index is 12.9. The third kappa shape index (κ3) is 3.92. The maximum absolute atomic E-state index is 12.9. The van der Waals surface area contributed by atoms with Crippen LogP contribution < -0.4 is 5.43 Å². The molecular weight excluding hydrogens is 418 g/mol. The Morgan fingerprint density at radius 3 is 2.58 bits per heavy atom. The molecule has 0 saturated heterocycles.